The third kappa shape index (κ3) is 6.16. The molecule has 0 radical (unpaired) electrons. The second-order valence-electron chi connectivity index (χ2n) is 8.96. The van der Waals surface area contributed by atoms with E-state index >= 15 is 0 Å². The molecule has 154 valence electrons. The molecule has 3 rings (SSSR count). The lowest BCUT2D eigenvalue weighted by atomic mass is 9.87. The molecule has 2 N–H and O–H groups in total. The maximum atomic E-state index is 12.5. The summed E-state index contributed by atoms with van der Waals surface area (Å²) in [7, 11) is 1.92. The van der Waals surface area contributed by atoms with Gasteiger partial charge < -0.3 is 10.6 Å². The first-order chi connectivity index (χ1) is 13.7. The lowest BCUT2D eigenvalue weighted by Crippen LogP contribution is -2.31. The van der Waals surface area contributed by atoms with Crippen LogP contribution in [0.3, 0.4) is 0 Å². The van der Waals surface area contributed by atoms with E-state index in [1.807, 2.05) is 24.1 Å². The van der Waals surface area contributed by atoms with Crippen molar-refractivity contribution < 1.29 is 9.59 Å². The number of nitrogens with one attached hydrogen (secondary N) is 2. The predicted molar refractivity (Wildman–Crippen MR) is 117 cm³/mol. The summed E-state index contributed by atoms with van der Waals surface area (Å²) in [6.07, 6.45) is 2.06. The molecule has 0 heterocycles. The van der Waals surface area contributed by atoms with E-state index in [2.05, 4.69) is 55.7 Å². The van der Waals surface area contributed by atoms with Gasteiger partial charge in [-0.1, -0.05) is 57.2 Å². The summed E-state index contributed by atoms with van der Waals surface area (Å²) in [4.78, 5) is 26.9. The SMILES string of the molecule is CN(CC(=O)Nc1ccccc1C(=O)NC1CC1)Cc1ccc(C(C)(C)C)cc1. The van der Waals surface area contributed by atoms with Crippen molar-refractivity contribution in [3.8, 4) is 0 Å². The summed E-state index contributed by atoms with van der Waals surface area (Å²) in [5.74, 6) is -0.263. The number of amides is 2. The van der Waals surface area contributed by atoms with Crippen LogP contribution < -0.4 is 10.6 Å². The zero-order chi connectivity index (χ0) is 21.0. The Bertz CT molecular complexity index is 864. The Labute approximate surface area is 173 Å². The monoisotopic (exact) mass is 393 g/mol. The molecule has 5 heteroatoms. The van der Waals surface area contributed by atoms with E-state index in [4.69, 9.17) is 0 Å². The Hall–Kier alpha value is -2.66. The van der Waals surface area contributed by atoms with E-state index in [1.54, 1.807) is 12.1 Å². The fraction of sp³-hybridized carbons (Fsp3) is 0.417. The molecule has 1 aliphatic carbocycles. The number of likely N-dealkylation sites (N-methyl/N-ethyl adjacent to an activating group) is 1. The van der Waals surface area contributed by atoms with E-state index in [0.29, 0.717) is 17.8 Å². The molecule has 0 bridgehead atoms. The fourth-order valence-corrected chi connectivity index (χ4v) is 3.19. The van der Waals surface area contributed by atoms with Crippen molar-refractivity contribution in [2.24, 2.45) is 0 Å². The van der Waals surface area contributed by atoms with Crippen LogP contribution in [0.2, 0.25) is 0 Å². The van der Waals surface area contributed by atoms with Gasteiger partial charge in [0.25, 0.3) is 5.91 Å². The van der Waals surface area contributed by atoms with Crippen LogP contribution in [-0.4, -0.2) is 36.3 Å². The zero-order valence-corrected chi connectivity index (χ0v) is 17.8. The van der Waals surface area contributed by atoms with Gasteiger partial charge in [0.1, 0.15) is 0 Å². The minimum absolute atomic E-state index is 0.128. The number of nitrogens with zero attached hydrogens (tertiary/aromatic N) is 1. The van der Waals surface area contributed by atoms with Gasteiger partial charge in [-0.15, -0.1) is 0 Å². The molecule has 1 saturated carbocycles. The van der Waals surface area contributed by atoms with Crippen LogP contribution in [0.25, 0.3) is 0 Å². The number of hydrogen-bond acceptors (Lipinski definition) is 3. The second-order valence-corrected chi connectivity index (χ2v) is 8.96. The van der Waals surface area contributed by atoms with Gasteiger partial charge in [-0.2, -0.15) is 0 Å². The molecule has 1 fully saturated rings. The number of rotatable bonds is 7. The normalized spacial score (nSPS) is 14.0. The van der Waals surface area contributed by atoms with Gasteiger partial charge in [0.05, 0.1) is 17.8 Å². The summed E-state index contributed by atoms with van der Waals surface area (Å²) in [5.41, 5.74) is 3.65. The van der Waals surface area contributed by atoms with Crippen LogP contribution in [0, 0.1) is 0 Å². The highest BCUT2D eigenvalue weighted by Gasteiger charge is 2.25. The Kier molecular flexibility index (Phi) is 6.38. The predicted octanol–water partition coefficient (Wildman–Crippen LogP) is 3.95. The molecular weight excluding hydrogens is 362 g/mol. The third-order valence-electron chi connectivity index (χ3n) is 5.04. The van der Waals surface area contributed by atoms with Crippen LogP contribution >= 0.6 is 0 Å². The highest BCUT2D eigenvalue weighted by atomic mass is 16.2. The van der Waals surface area contributed by atoms with Gasteiger partial charge in [0.2, 0.25) is 5.91 Å². The van der Waals surface area contributed by atoms with E-state index in [-0.39, 0.29) is 29.8 Å². The molecule has 2 amide bonds. The summed E-state index contributed by atoms with van der Waals surface area (Å²) in [5, 5.41) is 5.86. The molecule has 0 saturated heterocycles. The van der Waals surface area contributed by atoms with Gasteiger partial charge >= 0.3 is 0 Å². The Balaban J connectivity index is 1.56. The van der Waals surface area contributed by atoms with Gasteiger partial charge in [0.15, 0.2) is 0 Å². The number of anilines is 1. The summed E-state index contributed by atoms with van der Waals surface area (Å²) >= 11 is 0. The van der Waals surface area contributed by atoms with E-state index in [0.717, 1.165) is 18.4 Å². The smallest absolute Gasteiger partial charge is 0.253 e. The lowest BCUT2D eigenvalue weighted by Gasteiger charge is -2.20. The lowest BCUT2D eigenvalue weighted by molar-refractivity contribution is -0.117. The van der Waals surface area contributed by atoms with Crippen LogP contribution in [-0.2, 0) is 16.8 Å². The molecule has 5 nitrogen and oxygen atoms in total. The van der Waals surface area contributed by atoms with Gasteiger partial charge in [-0.25, -0.2) is 0 Å². The minimum atomic E-state index is -0.134. The number of carbonyl (C=O) groups excluding carboxylic acids is 2. The van der Waals surface area contributed by atoms with E-state index in [9.17, 15) is 9.59 Å². The quantitative estimate of drug-likeness (QED) is 0.749. The van der Waals surface area contributed by atoms with Crippen LogP contribution in [0.15, 0.2) is 48.5 Å². The molecule has 0 aromatic heterocycles. The summed E-state index contributed by atoms with van der Waals surface area (Å²) in [6, 6.07) is 16.0. The number of para-hydroxylation sites is 1. The van der Waals surface area contributed by atoms with Crippen LogP contribution in [0.1, 0.15) is 55.1 Å². The number of carbonyl (C=O) groups is 2. The van der Waals surface area contributed by atoms with Crippen molar-refractivity contribution in [1.82, 2.24) is 10.2 Å². The Morgan fingerprint density at radius 1 is 1.03 bits per heavy atom. The van der Waals surface area contributed by atoms with Crippen LogP contribution in [0.5, 0.6) is 0 Å². The van der Waals surface area contributed by atoms with Crippen LogP contribution in [0.4, 0.5) is 5.69 Å². The zero-order valence-electron chi connectivity index (χ0n) is 17.8. The summed E-state index contributed by atoms with van der Waals surface area (Å²) in [6.45, 7) is 7.52. The topological polar surface area (TPSA) is 61.4 Å². The van der Waals surface area contributed by atoms with Crippen molar-refractivity contribution in [3.05, 3.63) is 65.2 Å². The van der Waals surface area contributed by atoms with Crippen molar-refractivity contribution in [2.75, 3.05) is 18.9 Å². The maximum absolute atomic E-state index is 12.5. The van der Waals surface area contributed by atoms with Crippen molar-refractivity contribution in [1.29, 1.82) is 0 Å². The minimum Gasteiger partial charge on any atom is -0.349 e. The molecule has 29 heavy (non-hydrogen) atoms. The second kappa shape index (κ2) is 8.78. The average molecular weight is 394 g/mol. The molecule has 0 unspecified atom stereocenters. The standard InChI is InChI=1S/C24H31N3O2/c1-24(2,3)18-11-9-17(10-12-18)15-27(4)16-22(28)26-21-8-6-5-7-20(21)23(29)25-19-13-14-19/h5-12,19H,13-16H2,1-4H3,(H,25,29)(H,26,28). The summed E-state index contributed by atoms with van der Waals surface area (Å²) < 4.78 is 0. The molecule has 1 aliphatic rings. The Morgan fingerprint density at radius 2 is 1.69 bits per heavy atom. The molecular formula is C24H31N3O2. The van der Waals surface area contributed by atoms with Crippen molar-refractivity contribution in [3.63, 3.8) is 0 Å². The molecule has 0 spiro atoms. The highest BCUT2D eigenvalue weighted by molar-refractivity contribution is 6.04. The van der Waals surface area contributed by atoms with E-state index in [1.165, 1.54) is 5.56 Å². The fourth-order valence-electron chi connectivity index (χ4n) is 3.19. The molecule has 2 aromatic carbocycles. The van der Waals surface area contributed by atoms with Gasteiger partial charge in [-0.3, -0.25) is 14.5 Å². The van der Waals surface area contributed by atoms with Gasteiger partial charge in [-0.05, 0) is 48.6 Å². The number of benzene rings is 2. The first-order valence-corrected chi connectivity index (χ1v) is 10.2. The highest BCUT2D eigenvalue weighted by Crippen LogP contribution is 2.23. The molecule has 0 aliphatic heterocycles. The largest absolute Gasteiger partial charge is 0.349 e. The Morgan fingerprint density at radius 3 is 2.31 bits per heavy atom. The van der Waals surface area contributed by atoms with Crippen molar-refractivity contribution >= 4 is 17.5 Å². The van der Waals surface area contributed by atoms with Gasteiger partial charge in [0, 0.05) is 12.6 Å². The first-order valence-electron chi connectivity index (χ1n) is 10.2. The molecule has 2 aromatic rings. The number of hydrogen-bond donors (Lipinski definition) is 2. The average Bonchev–Trinajstić information content (AvgIpc) is 3.45. The third-order valence-corrected chi connectivity index (χ3v) is 5.04. The van der Waals surface area contributed by atoms with E-state index < -0.39 is 0 Å². The maximum Gasteiger partial charge on any atom is 0.253 e. The molecule has 0 atom stereocenters. The van der Waals surface area contributed by atoms with Crippen molar-refractivity contribution in [2.45, 2.75) is 51.6 Å². The first kappa shape index (κ1) is 21.1.